The van der Waals surface area contributed by atoms with Gasteiger partial charge in [0.25, 0.3) is 0 Å². The van der Waals surface area contributed by atoms with Crippen molar-refractivity contribution in [3.05, 3.63) is 35.5 Å². The van der Waals surface area contributed by atoms with Gasteiger partial charge in [-0.25, -0.2) is 4.39 Å². The summed E-state index contributed by atoms with van der Waals surface area (Å²) < 4.78 is 18.3. The number of nitrogens with zero attached hydrogens (tertiary/aromatic N) is 3. The summed E-state index contributed by atoms with van der Waals surface area (Å²) in [4.78, 5) is 4.09. The average molecular weight is 231 g/mol. The number of hydrogen-bond acceptors (Lipinski definition) is 4. The van der Waals surface area contributed by atoms with Crippen LogP contribution in [-0.2, 0) is 6.42 Å². The van der Waals surface area contributed by atoms with Gasteiger partial charge < -0.3 is 4.52 Å². The van der Waals surface area contributed by atoms with E-state index in [-0.39, 0.29) is 5.82 Å². The fourth-order valence-corrected chi connectivity index (χ4v) is 1.37. The first-order valence-corrected chi connectivity index (χ1v) is 5.17. The minimum absolute atomic E-state index is 0.300. The Bertz CT molecular complexity index is 571. The van der Waals surface area contributed by atoms with Crippen molar-refractivity contribution in [2.24, 2.45) is 0 Å². The minimum Gasteiger partial charge on any atom is -0.339 e. The highest BCUT2D eigenvalue weighted by Gasteiger charge is 2.09. The molecule has 0 unspecified atom stereocenters. The molecule has 0 aliphatic carbocycles. The van der Waals surface area contributed by atoms with Gasteiger partial charge in [-0.05, 0) is 18.6 Å². The Morgan fingerprint density at radius 3 is 3.00 bits per heavy atom. The highest BCUT2D eigenvalue weighted by atomic mass is 19.1. The topological polar surface area (TPSA) is 62.7 Å². The summed E-state index contributed by atoms with van der Waals surface area (Å²) in [7, 11) is 0. The normalized spacial score (nSPS) is 10.2. The fourth-order valence-electron chi connectivity index (χ4n) is 1.37. The maximum Gasteiger partial charge on any atom is 0.227 e. The Hall–Kier alpha value is -2.22. The van der Waals surface area contributed by atoms with Gasteiger partial charge in [0.15, 0.2) is 0 Å². The third kappa shape index (κ3) is 2.48. The molecule has 0 fully saturated rings. The summed E-state index contributed by atoms with van der Waals surface area (Å²) in [6, 6.07) is 6.76. The van der Waals surface area contributed by atoms with Gasteiger partial charge in [-0.2, -0.15) is 10.2 Å². The predicted octanol–water partition coefficient (Wildman–Crippen LogP) is 2.64. The number of aryl methyl sites for hydroxylation is 2. The molecule has 2 aromatic rings. The molecule has 0 saturated carbocycles. The summed E-state index contributed by atoms with van der Waals surface area (Å²) in [5.74, 6) is 0.435. The number of nitriles is 1. The van der Waals surface area contributed by atoms with Crippen molar-refractivity contribution in [1.82, 2.24) is 10.1 Å². The lowest BCUT2D eigenvalue weighted by atomic mass is 10.1. The number of benzene rings is 1. The van der Waals surface area contributed by atoms with Gasteiger partial charge >= 0.3 is 0 Å². The van der Waals surface area contributed by atoms with Crippen molar-refractivity contribution in [2.75, 3.05) is 0 Å². The zero-order valence-electron chi connectivity index (χ0n) is 9.27. The van der Waals surface area contributed by atoms with E-state index >= 15 is 0 Å². The summed E-state index contributed by atoms with van der Waals surface area (Å²) >= 11 is 0. The Balaban J connectivity index is 2.25. The van der Waals surface area contributed by atoms with Crippen LogP contribution in [0.1, 0.15) is 17.9 Å². The van der Waals surface area contributed by atoms with E-state index in [1.54, 1.807) is 19.1 Å². The molecule has 0 spiro atoms. The second-order valence-corrected chi connectivity index (χ2v) is 3.63. The first-order chi connectivity index (χ1) is 8.20. The highest BCUT2D eigenvalue weighted by molar-refractivity contribution is 5.54. The molecule has 0 aliphatic rings. The average Bonchev–Trinajstić information content (AvgIpc) is 2.79. The van der Waals surface area contributed by atoms with Crippen LogP contribution < -0.4 is 0 Å². The van der Waals surface area contributed by atoms with Crippen LogP contribution >= 0.6 is 0 Å². The van der Waals surface area contributed by atoms with Crippen LogP contribution in [0.25, 0.3) is 11.4 Å². The highest BCUT2D eigenvalue weighted by Crippen LogP contribution is 2.19. The lowest BCUT2D eigenvalue weighted by Crippen LogP contribution is -1.87. The molecule has 1 heterocycles. The van der Waals surface area contributed by atoms with Gasteiger partial charge in [0.1, 0.15) is 5.82 Å². The second kappa shape index (κ2) is 4.74. The van der Waals surface area contributed by atoms with Crippen LogP contribution in [0, 0.1) is 24.1 Å². The molecule has 0 amide bonds. The van der Waals surface area contributed by atoms with Crippen LogP contribution in [0.2, 0.25) is 0 Å². The van der Waals surface area contributed by atoms with Crippen molar-refractivity contribution >= 4 is 0 Å². The molecule has 4 nitrogen and oxygen atoms in total. The van der Waals surface area contributed by atoms with E-state index < -0.39 is 0 Å². The van der Waals surface area contributed by atoms with Crippen LogP contribution in [0.15, 0.2) is 22.7 Å². The molecule has 1 aromatic heterocycles. The van der Waals surface area contributed by atoms with E-state index in [9.17, 15) is 4.39 Å². The van der Waals surface area contributed by atoms with Gasteiger partial charge in [-0.15, -0.1) is 0 Å². The van der Waals surface area contributed by atoms with Crippen molar-refractivity contribution in [3.63, 3.8) is 0 Å². The van der Waals surface area contributed by atoms with E-state index in [1.165, 1.54) is 6.07 Å². The number of hydrogen-bond donors (Lipinski definition) is 0. The SMILES string of the molecule is Cc1ccc(-c2noc(CCC#N)n2)cc1F. The van der Waals surface area contributed by atoms with Gasteiger partial charge in [-0.3, -0.25) is 0 Å². The van der Waals surface area contributed by atoms with E-state index in [0.29, 0.717) is 35.7 Å². The summed E-state index contributed by atoms with van der Waals surface area (Å²) in [5.41, 5.74) is 1.14. The van der Waals surface area contributed by atoms with Crippen molar-refractivity contribution in [3.8, 4) is 17.5 Å². The smallest absolute Gasteiger partial charge is 0.227 e. The Kier molecular flexibility index (Phi) is 3.15. The maximum absolute atomic E-state index is 13.3. The molecule has 0 aliphatic heterocycles. The second-order valence-electron chi connectivity index (χ2n) is 3.63. The van der Waals surface area contributed by atoms with Crippen molar-refractivity contribution in [1.29, 1.82) is 5.26 Å². The molecule has 0 bridgehead atoms. The lowest BCUT2D eigenvalue weighted by Gasteiger charge is -1.97. The Labute approximate surface area is 97.7 Å². The maximum atomic E-state index is 13.3. The predicted molar refractivity (Wildman–Crippen MR) is 58.4 cm³/mol. The van der Waals surface area contributed by atoms with Crippen molar-refractivity contribution < 1.29 is 8.91 Å². The summed E-state index contributed by atoms with van der Waals surface area (Å²) in [6.07, 6.45) is 0.738. The third-order valence-corrected chi connectivity index (χ3v) is 2.35. The van der Waals surface area contributed by atoms with E-state index in [1.807, 2.05) is 6.07 Å². The molecular formula is C12H10FN3O. The first kappa shape index (κ1) is 11.3. The van der Waals surface area contributed by atoms with Crippen LogP contribution in [-0.4, -0.2) is 10.1 Å². The molecule has 1 aromatic carbocycles. The zero-order valence-corrected chi connectivity index (χ0v) is 9.27. The number of aromatic nitrogens is 2. The molecule has 0 saturated heterocycles. The number of rotatable bonds is 3. The largest absolute Gasteiger partial charge is 0.339 e. The molecular weight excluding hydrogens is 221 g/mol. The molecule has 0 N–H and O–H groups in total. The van der Waals surface area contributed by atoms with Crippen molar-refractivity contribution in [2.45, 2.75) is 19.8 Å². The lowest BCUT2D eigenvalue weighted by molar-refractivity contribution is 0.380. The van der Waals surface area contributed by atoms with E-state index in [2.05, 4.69) is 10.1 Å². The number of halogens is 1. The Morgan fingerprint density at radius 1 is 1.47 bits per heavy atom. The third-order valence-electron chi connectivity index (χ3n) is 2.35. The standard InChI is InChI=1S/C12H10FN3O/c1-8-4-5-9(7-10(8)13)12-15-11(17-16-12)3-2-6-14/h4-5,7H,2-3H2,1H3. The van der Waals surface area contributed by atoms with Crippen LogP contribution in [0.3, 0.4) is 0 Å². The van der Waals surface area contributed by atoms with Gasteiger partial charge in [-0.1, -0.05) is 17.3 Å². The van der Waals surface area contributed by atoms with E-state index in [0.717, 1.165) is 0 Å². The quantitative estimate of drug-likeness (QED) is 0.814. The molecule has 86 valence electrons. The van der Waals surface area contributed by atoms with Crippen LogP contribution in [0.5, 0.6) is 0 Å². The van der Waals surface area contributed by atoms with Gasteiger partial charge in [0.05, 0.1) is 6.07 Å². The first-order valence-electron chi connectivity index (χ1n) is 5.17. The Morgan fingerprint density at radius 2 is 2.29 bits per heavy atom. The minimum atomic E-state index is -0.300. The van der Waals surface area contributed by atoms with Gasteiger partial charge in [0.2, 0.25) is 11.7 Å². The summed E-state index contributed by atoms with van der Waals surface area (Å²) in [5, 5.41) is 12.2. The molecule has 0 atom stereocenters. The zero-order chi connectivity index (χ0) is 12.3. The molecule has 5 heteroatoms. The van der Waals surface area contributed by atoms with Gasteiger partial charge in [0, 0.05) is 18.4 Å². The van der Waals surface area contributed by atoms with Crippen LogP contribution in [0.4, 0.5) is 4.39 Å². The molecule has 0 radical (unpaired) electrons. The molecule has 2 rings (SSSR count). The molecule has 17 heavy (non-hydrogen) atoms. The summed E-state index contributed by atoms with van der Waals surface area (Å²) in [6.45, 7) is 1.69. The monoisotopic (exact) mass is 231 g/mol. The van der Waals surface area contributed by atoms with E-state index in [4.69, 9.17) is 9.78 Å². The fraction of sp³-hybridized carbons (Fsp3) is 0.250.